The lowest BCUT2D eigenvalue weighted by molar-refractivity contribution is 0.187. The minimum atomic E-state index is -0.571. The lowest BCUT2D eigenvalue weighted by atomic mass is 10.0. The van der Waals surface area contributed by atoms with Crippen molar-refractivity contribution in [1.29, 1.82) is 0 Å². The van der Waals surface area contributed by atoms with E-state index in [2.05, 4.69) is 10.6 Å². The van der Waals surface area contributed by atoms with Gasteiger partial charge < -0.3 is 20.5 Å². The molecule has 1 atom stereocenters. The van der Waals surface area contributed by atoms with E-state index in [1.165, 1.54) is 0 Å². The Kier molecular flexibility index (Phi) is 5.82. The average Bonchev–Trinajstić information content (AvgIpc) is 2.51. The summed E-state index contributed by atoms with van der Waals surface area (Å²) in [4.78, 5) is 11.8. The van der Waals surface area contributed by atoms with Crippen LogP contribution in [0.4, 0.5) is 4.79 Å². The monoisotopic (exact) mass is 316 g/mol. The van der Waals surface area contributed by atoms with Gasteiger partial charge in [0.15, 0.2) is 0 Å². The van der Waals surface area contributed by atoms with Crippen LogP contribution >= 0.6 is 0 Å². The van der Waals surface area contributed by atoms with Gasteiger partial charge in [0.05, 0.1) is 12.2 Å². The minimum Gasteiger partial charge on any atom is -0.491 e. The Labute approximate surface area is 136 Å². The molecular weight excluding hydrogens is 292 g/mol. The molecule has 0 radical (unpaired) electrons. The van der Waals surface area contributed by atoms with Crippen LogP contribution in [0.15, 0.2) is 36.4 Å². The third kappa shape index (κ3) is 4.86. The van der Waals surface area contributed by atoms with Crippen molar-refractivity contribution in [3.8, 4) is 5.75 Å². The van der Waals surface area contributed by atoms with Gasteiger partial charge >= 0.3 is 6.03 Å². The van der Waals surface area contributed by atoms with E-state index in [-0.39, 0.29) is 18.7 Å². The van der Waals surface area contributed by atoms with Crippen LogP contribution in [0, 0.1) is 0 Å². The van der Waals surface area contributed by atoms with Crippen molar-refractivity contribution in [3.63, 3.8) is 0 Å². The zero-order chi connectivity index (χ0) is 16.8. The molecule has 3 N–H and O–H groups in total. The van der Waals surface area contributed by atoms with Gasteiger partial charge in [-0.25, -0.2) is 4.79 Å². The molecule has 0 unspecified atom stereocenters. The molecule has 5 heteroatoms. The van der Waals surface area contributed by atoms with Crippen molar-refractivity contribution in [3.05, 3.63) is 42.0 Å². The Morgan fingerprint density at radius 3 is 2.57 bits per heavy atom. The fourth-order valence-electron chi connectivity index (χ4n) is 2.33. The number of hydrogen-bond acceptors (Lipinski definition) is 3. The molecule has 2 aromatic rings. The van der Waals surface area contributed by atoms with Gasteiger partial charge in [-0.15, -0.1) is 0 Å². The molecular formula is C18H24N2O3. The Morgan fingerprint density at radius 2 is 1.87 bits per heavy atom. The molecule has 2 rings (SSSR count). The van der Waals surface area contributed by atoms with Crippen LogP contribution in [0.1, 0.15) is 26.3 Å². The van der Waals surface area contributed by atoms with Gasteiger partial charge in [-0.2, -0.15) is 0 Å². The van der Waals surface area contributed by atoms with E-state index in [9.17, 15) is 9.90 Å². The van der Waals surface area contributed by atoms with Gasteiger partial charge in [-0.3, -0.25) is 0 Å². The first-order valence-corrected chi connectivity index (χ1v) is 7.84. The molecule has 0 fully saturated rings. The van der Waals surface area contributed by atoms with Gasteiger partial charge in [-0.1, -0.05) is 30.3 Å². The molecule has 0 heterocycles. The third-order valence-electron chi connectivity index (χ3n) is 3.34. The van der Waals surface area contributed by atoms with Gasteiger partial charge in [-0.05, 0) is 37.6 Å². The van der Waals surface area contributed by atoms with Crippen LogP contribution in [0.2, 0.25) is 0 Å². The fourth-order valence-corrected chi connectivity index (χ4v) is 2.33. The summed E-state index contributed by atoms with van der Waals surface area (Å²) in [5, 5.41) is 16.8. The van der Waals surface area contributed by atoms with E-state index in [4.69, 9.17) is 4.74 Å². The maximum atomic E-state index is 11.8. The Hall–Kier alpha value is -2.27. The van der Waals surface area contributed by atoms with Crippen molar-refractivity contribution in [2.24, 2.45) is 0 Å². The van der Waals surface area contributed by atoms with Crippen LogP contribution in [-0.2, 0) is 6.54 Å². The van der Waals surface area contributed by atoms with Crippen molar-refractivity contribution >= 4 is 16.8 Å². The van der Waals surface area contributed by atoms with E-state index in [1.807, 2.05) is 50.2 Å². The second-order valence-electron chi connectivity index (χ2n) is 5.84. The Bertz CT molecular complexity index is 668. The number of carbonyl (C=O) groups is 1. The predicted molar refractivity (Wildman–Crippen MR) is 91.6 cm³/mol. The Balaban J connectivity index is 2.20. The van der Waals surface area contributed by atoms with Crippen molar-refractivity contribution < 1.29 is 14.6 Å². The highest BCUT2D eigenvalue weighted by Crippen LogP contribution is 2.28. The third-order valence-corrected chi connectivity index (χ3v) is 3.34. The topological polar surface area (TPSA) is 70.6 Å². The summed E-state index contributed by atoms with van der Waals surface area (Å²) in [5.41, 5.74) is 0.948. The second kappa shape index (κ2) is 7.83. The van der Waals surface area contributed by atoms with Crippen LogP contribution in [0.25, 0.3) is 10.8 Å². The molecule has 0 bridgehead atoms. The highest BCUT2D eigenvalue weighted by atomic mass is 16.5. The summed E-state index contributed by atoms with van der Waals surface area (Å²) in [6, 6.07) is 11.7. The highest BCUT2D eigenvalue weighted by Gasteiger charge is 2.11. The molecule has 2 amide bonds. The van der Waals surface area contributed by atoms with Crippen molar-refractivity contribution in [2.75, 3.05) is 6.54 Å². The number of fused-ring (bicyclic) bond motifs is 1. The minimum absolute atomic E-state index is 0.0546. The molecule has 0 aliphatic rings. The lowest BCUT2D eigenvalue weighted by Crippen LogP contribution is -2.38. The van der Waals surface area contributed by atoms with Gasteiger partial charge in [0.1, 0.15) is 5.75 Å². The summed E-state index contributed by atoms with van der Waals surface area (Å²) >= 11 is 0. The number of aliphatic hydroxyl groups excluding tert-OH is 1. The number of carbonyl (C=O) groups excluding carboxylic acids is 1. The molecule has 0 aliphatic carbocycles. The van der Waals surface area contributed by atoms with E-state index in [0.29, 0.717) is 6.54 Å². The molecule has 5 nitrogen and oxygen atoms in total. The summed E-state index contributed by atoms with van der Waals surface area (Å²) in [7, 11) is 0. The second-order valence-corrected chi connectivity index (χ2v) is 5.84. The van der Waals surface area contributed by atoms with Gasteiger partial charge in [0.25, 0.3) is 0 Å². The number of amides is 2. The SMILES string of the molecule is CC(C)Oc1ccc2ccccc2c1CNC(=O)NC[C@@H](C)O. The summed E-state index contributed by atoms with van der Waals surface area (Å²) in [6.07, 6.45) is -0.517. The van der Waals surface area contributed by atoms with Crippen LogP contribution in [0.5, 0.6) is 5.75 Å². The maximum Gasteiger partial charge on any atom is 0.315 e. The number of benzene rings is 2. The molecule has 0 saturated carbocycles. The molecule has 0 aromatic heterocycles. The molecule has 0 saturated heterocycles. The van der Waals surface area contributed by atoms with Crippen LogP contribution < -0.4 is 15.4 Å². The number of aliphatic hydroxyl groups is 1. The van der Waals surface area contributed by atoms with Gasteiger partial charge in [0, 0.05) is 18.7 Å². The molecule has 124 valence electrons. The van der Waals surface area contributed by atoms with E-state index in [0.717, 1.165) is 22.1 Å². The maximum absolute atomic E-state index is 11.8. The zero-order valence-electron chi connectivity index (χ0n) is 13.8. The largest absolute Gasteiger partial charge is 0.491 e. The number of urea groups is 1. The fraction of sp³-hybridized carbons (Fsp3) is 0.389. The first-order valence-electron chi connectivity index (χ1n) is 7.84. The van der Waals surface area contributed by atoms with Crippen molar-refractivity contribution in [1.82, 2.24) is 10.6 Å². The molecule has 23 heavy (non-hydrogen) atoms. The lowest BCUT2D eigenvalue weighted by Gasteiger charge is -2.17. The quantitative estimate of drug-likeness (QED) is 0.767. The zero-order valence-corrected chi connectivity index (χ0v) is 13.8. The van der Waals surface area contributed by atoms with E-state index < -0.39 is 6.10 Å². The summed E-state index contributed by atoms with van der Waals surface area (Å²) in [5.74, 6) is 0.773. The first-order chi connectivity index (χ1) is 11.0. The van der Waals surface area contributed by atoms with E-state index >= 15 is 0 Å². The normalized spacial score (nSPS) is 12.2. The van der Waals surface area contributed by atoms with Crippen LogP contribution in [-0.4, -0.2) is 29.9 Å². The molecule has 0 aliphatic heterocycles. The number of nitrogens with one attached hydrogen (secondary N) is 2. The standard InChI is InChI=1S/C18H24N2O3/c1-12(2)23-17-9-8-14-6-4-5-7-15(14)16(17)11-20-18(22)19-10-13(3)21/h4-9,12-13,21H,10-11H2,1-3H3,(H2,19,20,22)/t13-/m1/s1. The first kappa shape index (κ1) is 17.1. The summed E-state index contributed by atoms with van der Waals surface area (Å²) in [6.45, 7) is 6.15. The van der Waals surface area contributed by atoms with Gasteiger partial charge in [0.2, 0.25) is 0 Å². The van der Waals surface area contributed by atoms with Crippen LogP contribution in [0.3, 0.4) is 0 Å². The number of rotatable bonds is 6. The molecule has 2 aromatic carbocycles. The summed E-state index contributed by atoms with van der Waals surface area (Å²) < 4.78 is 5.87. The number of ether oxygens (including phenoxy) is 1. The van der Waals surface area contributed by atoms with Crippen molar-refractivity contribution in [2.45, 2.75) is 39.5 Å². The number of hydrogen-bond donors (Lipinski definition) is 3. The predicted octanol–water partition coefficient (Wildman–Crippen LogP) is 2.81. The smallest absolute Gasteiger partial charge is 0.315 e. The molecule has 0 spiro atoms. The average molecular weight is 316 g/mol. The van der Waals surface area contributed by atoms with E-state index in [1.54, 1.807) is 6.92 Å². The highest BCUT2D eigenvalue weighted by molar-refractivity contribution is 5.88. The Morgan fingerprint density at radius 1 is 1.13 bits per heavy atom.